The third-order valence-electron chi connectivity index (χ3n) is 6.88. The van der Waals surface area contributed by atoms with Crippen LogP contribution >= 0.6 is 0 Å². The Balaban J connectivity index is 1.60. The summed E-state index contributed by atoms with van der Waals surface area (Å²) in [5, 5.41) is 10.4. The molecular weight excluding hydrogens is 500 g/mol. The minimum absolute atomic E-state index is 0.169. The molecule has 11 heteroatoms. The number of benzene rings is 1. The molecule has 1 aromatic heterocycles. The molecule has 0 spiro atoms. The molecule has 1 saturated heterocycles. The van der Waals surface area contributed by atoms with Gasteiger partial charge in [-0.25, -0.2) is 13.5 Å². The molecule has 202 valence electrons. The fraction of sp³-hybridized carbons (Fsp3) is 0.577. The van der Waals surface area contributed by atoms with E-state index in [1.807, 2.05) is 19.9 Å². The number of carbonyl (C=O) groups excluding carboxylic acids is 2. The fourth-order valence-electron chi connectivity index (χ4n) is 4.68. The zero-order chi connectivity index (χ0) is 26.7. The largest absolute Gasteiger partial charge is 0.365 e. The van der Waals surface area contributed by atoms with Crippen LogP contribution in [0.4, 0.5) is 26.0 Å². The van der Waals surface area contributed by atoms with Crippen LogP contribution in [0.5, 0.6) is 0 Å². The SMILES string of the molecule is CCc1cc(N2CCC(F)(F)C2)ccc1NC(=O)c1c(CC)nn(CCC2CC2)c1NC(=O)CS(C)=O. The Morgan fingerprint density at radius 1 is 1.19 bits per heavy atom. The van der Waals surface area contributed by atoms with E-state index >= 15 is 0 Å². The summed E-state index contributed by atoms with van der Waals surface area (Å²) >= 11 is 0. The molecule has 0 radical (unpaired) electrons. The smallest absolute Gasteiger partial charge is 0.266 e. The summed E-state index contributed by atoms with van der Waals surface area (Å²) in [6.45, 7) is 4.39. The lowest BCUT2D eigenvalue weighted by Crippen LogP contribution is -2.25. The Hall–Kier alpha value is -2.82. The van der Waals surface area contributed by atoms with Crippen LogP contribution in [-0.2, 0) is 35.0 Å². The number of carbonyl (C=O) groups is 2. The van der Waals surface area contributed by atoms with Crippen molar-refractivity contribution in [3.05, 3.63) is 35.0 Å². The number of rotatable bonds is 11. The number of aryl methyl sites for hydroxylation is 3. The van der Waals surface area contributed by atoms with Crippen LogP contribution in [0.3, 0.4) is 0 Å². The van der Waals surface area contributed by atoms with Crippen molar-refractivity contribution in [2.45, 2.75) is 64.8 Å². The third-order valence-corrected chi connectivity index (χ3v) is 7.55. The van der Waals surface area contributed by atoms with E-state index < -0.39 is 28.5 Å². The standard InChI is InChI=1S/C26H35F2N5O3S/c1-4-18-14-19(32-13-11-26(27,28)16-32)8-9-21(18)29-25(35)23-20(5-2)31-33(12-10-17-6-7-17)24(23)30-22(34)15-37(3)36/h8-9,14,17H,4-7,10-13,15-16H2,1-3H3,(H,29,35)(H,30,34). The van der Waals surface area contributed by atoms with Gasteiger partial charge in [0.15, 0.2) is 0 Å². The summed E-state index contributed by atoms with van der Waals surface area (Å²) in [4.78, 5) is 27.8. The van der Waals surface area contributed by atoms with Gasteiger partial charge in [-0.2, -0.15) is 5.10 Å². The van der Waals surface area contributed by atoms with E-state index in [-0.39, 0.29) is 25.3 Å². The second-order valence-corrected chi connectivity index (χ2v) is 11.4. The first kappa shape index (κ1) is 27.2. The van der Waals surface area contributed by atoms with Crippen molar-refractivity contribution >= 4 is 39.8 Å². The predicted molar refractivity (Wildman–Crippen MR) is 142 cm³/mol. The molecule has 1 saturated carbocycles. The molecule has 1 aromatic carbocycles. The topological polar surface area (TPSA) is 96.3 Å². The lowest BCUT2D eigenvalue weighted by Gasteiger charge is -2.20. The highest BCUT2D eigenvalue weighted by atomic mass is 32.2. The molecule has 2 fully saturated rings. The molecule has 4 rings (SSSR count). The second kappa shape index (κ2) is 11.3. The summed E-state index contributed by atoms with van der Waals surface area (Å²) < 4.78 is 40.7. The van der Waals surface area contributed by atoms with E-state index in [0.29, 0.717) is 53.8 Å². The second-order valence-electron chi connectivity index (χ2n) is 9.92. The number of hydrogen-bond acceptors (Lipinski definition) is 5. The summed E-state index contributed by atoms with van der Waals surface area (Å²) in [5.41, 5.74) is 2.97. The van der Waals surface area contributed by atoms with Gasteiger partial charge in [0, 0.05) is 47.9 Å². The summed E-state index contributed by atoms with van der Waals surface area (Å²) in [6, 6.07) is 5.33. The van der Waals surface area contributed by atoms with Gasteiger partial charge in [-0.05, 0) is 48.9 Å². The van der Waals surface area contributed by atoms with Gasteiger partial charge < -0.3 is 15.5 Å². The molecule has 8 nitrogen and oxygen atoms in total. The van der Waals surface area contributed by atoms with E-state index in [2.05, 4.69) is 15.7 Å². The quantitative estimate of drug-likeness (QED) is 0.449. The van der Waals surface area contributed by atoms with Crippen molar-refractivity contribution in [2.24, 2.45) is 5.92 Å². The average molecular weight is 536 g/mol. The molecule has 0 bridgehead atoms. The molecule has 2 amide bonds. The molecule has 2 heterocycles. The van der Waals surface area contributed by atoms with Gasteiger partial charge in [0.25, 0.3) is 11.8 Å². The molecule has 2 aliphatic rings. The first-order chi connectivity index (χ1) is 17.6. The Kier molecular flexibility index (Phi) is 8.30. The van der Waals surface area contributed by atoms with E-state index in [1.54, 1.807) is 21.7 Å². The Bertz CT molecular complexity index is 1200. The van der Waals surface area contributed by atoms with Crippen LogP contribution in [0, 0.1) is 5.92 Å². The number of aromatic nitrogens is 2. The number of nitrogens with zero attached hydrogens (tertiary/aromatic N) is 3. The van der Waals surface area contributed by atoms with Gasteiger partial charge in [0.05, 0.1) is 12.2 Å². The van der Waals surface area contributed by atoms with E-state index in [0.717, 1.165) is 12.0 Å². The van der Waals surface area contributed by atoms with Crippen LogP contribution in [0.1, 0.15) is 61.1 Å². The Morgan fingerprint density at radius 3 is 2.54 bits per heavy atom. The van der Waals surface area contributed by atoms with E-state index in [9.17, 15) is 22.6 Å². The fourth-order valence-corrected chi connectivity index (χ4v) is 5.12. The number of hydrogen-bond donors (Lipinski definition) is 2. The highest BCUT2D eigenvalue weighted by Gasteiger charge is 2.38. The molecule has 2 N–H and O–H groups in total. The Morgan fingerprint density at radius 2 is 1.95 bits per heavy atom. The minimum Gasteiger partial charge on any atom is -0.365 e. The van der Waals surface area contributed by atoms with Crippen LogP contribution in [0.2, 0.25) is 0 Å². The molecule has 37 heavy (non-hydrogen) atoms. The molecule has 1 aliphatic carbocycles. The van der Waals surface area contributed by atoms with Gasteiger partial charge in [-0.15, -0.1) is 0 Å². The minimum atomic E-state index is -2.69. The number of nitrogens with one attached hydrogen (secondary N) is 2. The first-order valence-electron chi connectivity index (χ1n) is 12.9. The van der Waals surface area contributed by atoms with Crippen LogP contribution in [0.15, 0.2) is 18.2 Å². The molecule has 1 atom stereocenters. The van der Waals surface area contributed by atoms with Crippen molar-refractivity contribution < 1.29 is 22.6 Å². The van der Waals surface area contributed by atoms with Crippen molar-refractivity contribution in [3.63, 3.8) is 0 Å². The molecule has 2 aromatic rings. The summed E-state index contributed by atoms with van der Waals surface area (Å²) in [6.07, 6.45) is 5.63. The maximum atomic E-state index is 13.7. The van der Waals surface area contributed by atoms with Gasteiger partial charge in [0.2, 0.25) is 5.91 Å². The Labute approximate surface area is 218 Å². The number of alkyl halides is 2. The molecular formula is C26H35F2N5O3S. The monoisotopic (exact) mass is 535 g/mol. The number of amides is 2. The zero-order valence-electron chi connectivity index (χ0n) is 21.6. The first-order valence-corrected chi connectivity index (χ1v) is 14.6. The zero-order valence-corrected chi connectivity index (χ0v) is 22.4. The highest BCUT2D eigenvalue weighted by molar-refractivity contribution is 7.85. The summed E-state index contributed by atoms with van der Waals surface area (Å²) in [5.74, 6) is -2.75. The maximum absolute atomic E-state index is 13.7. The van der Waals surface area contributed by atoms with Crippen molar-refractivity contribution in [1.29, 1.82) is 0 Å². The van der Waals surface area contributed by atoms with E-state index in [4.69, 9.17) is 0 Å². The molecule has 1 unspecified atom stereocenters. The number of anilines is 3. The normalized spacial score (nSPS) is 17.6. The number of halogens is 2. The van der Waals surface area contributed by atoms with Crippen molar-refractivity contribution in [1.82, 2.24) is 9.78 Å². The van der Waals surface area contributed by atoms with Gasteiger partial charge >= 0.3 is 0 Å². The molecule has 1 aliphatic heterocycles. The lowest BCUT2D eigenvalue weighted by atomic mass is 10.1. The lowest BCUT2D eigenvalue weighted by molar-refractivity contribution is -0.113. The predicted octanol–water partition coefficient (Wildman–Crippen LogP) is 4.22. The van der Waals surface area contributed by atoms with Gasteiger partial charge in [-0.1, -0.05) is 26.7 Å². The highest BCUT2D eigenvalue weighted by Crippen LogP contribution is 2.35. The summed E-state index contributed by atoms with van der Waals surface area (Å²) in [7, 11) is -1.33. The van der Waals surface area contributed by atoms with Crippen molar-refractivity contribution in [3.8, 4) is 0 Å². The average Bonchev–Trinajstić information content (AvgIpc) is 3.51. The van der Waals surface area contributed by atoms with Crippen molar-refractivity contribution in [2.75, 3.05) is 40.6 Å². The van der Waals surface area contributed by atoms with Crippen LogP contribution in [0.25, 0.3) is 0 Å². The van der Waals surface area contributed by atoms with Crippen LogP contribution < -0.4 is 15.5 Å². The van der Waals surface area contributed by atoms with E-state index in [1.165, 1.54) is 19.1 Å². The van der Waals surface area contributed by atoms with Gasteiger partial charge in [-0.3, -0.25) is 13.8 Å². The third kappa shape index (κ3) is 6.74. The van der Waals surface area contributed by atoms with Gasteiger partial charge in [0.1, 0.15) is 17.1 Å². The van der Waals surface area contributed by atoms with Crippen LogP contribution in [-0.4, -0.2) is 56.8 Å². The maximum Gasteiger partial charge on any atom is 0.266 e.